The Balaban J connectivity index is 3.01. The van der Waals surface area contributed by atoms with Crippen LogP contribution in [0.5, 0.6) is 0 Å². The number of allylic oxidation sites excluding steroid dienone is 1. The molecule has 0 amide bonds. The SMILES string of the molecule is CC1=C(C(=O)O)C=NC(C)(C#N)N1. The summed E-state index contributed by atoms with van der Waals surface area (Å²) in [4.78, 5) is 14.4. The highest BCUT2D eigenvalue weighted by Gasteiger charge is 2.27. The fraction of sp³-hybridized carbons (Fsp3) is 0.375. The Morgan fingerprint density at radius 3 is 2.85 bits per heavy atom. The third-order valence-electron chi connectivity index (χ3n) is 1.73. The van der Waals surface area contributed by atoms with Crippen molar-refractivity contribution >= 4 is 12.2 Å². The zero-order valence-electron chi connectivity index (χ0n) is 7.33. The van der Waals surface area contributed by atoms with Crippen molar-refractivity contribution in [3.8, 4) is 6.07 Å². The lowest BCUT2D eigenvalue weighted by molar-refractivity contribution is -0.132. The molecule has 0 bridgehead atoms. The lowest BCUT2D eigenvalue weighted by atomic mass is 10.1. The van der Waals surface area contributed by atoms with Crippen LogP contribution in [0.15, 0.2) is 16.3 Å². The van der Waals surface area contributed by atoms with Gasteiger partial charge in [0.15, 0.2) is 0 Å². The summed E-state index contributed by atoms with van der Waals surface area (Å²) in [6.45, 7) is 3.18. The molecule has 2 N–H and O–H groups in total. The first-order valence-corrected chi connectivity index (χ1v) is 3.67. The largest absolute Gasteiger partial charge is 0.478 e. The van der Waals surface area contributed by atoms with E-state index in [0.29, 0.717) is 5.70 Å². The van der Waals surface area contributed by atoms with E-state index in [0.717, 1.165) is 0 Å². The molecule has 13 heavy (non-hydrogen) atoms. The molecular weight excluding hydrogens is 170 g/mol. The van der Waals surface area contributed by atoms with Crippen molar-refractivity contribution in [1.82, 2.24) is 5.32 Å². The predicted octanol–water partition coefficient (Wildman–Crippen LogP) is 0.259. The van der Waals surface area contributed by atoms with Gasteiger partial charge in [-0.15, -0.1) is 0 Å². The third kappa shape index (κ3) is 1.67. The molecule has 1 heterocycles. The normalized spacial score (nSPS) is 26.5. The average molecular weight is 179 g/mol. The molecule has 0 spiro atoms. The number of rotatable bonds is 1. The van der Waals surface area contributed by atoms with Gasteiger partial charge in [-0.2, -0.15) is 5.26 Å². The van der Waals surface area contributed by atoms with Gasteiger partial charge in [-0.25, -0.2) is 4.79 Å². The molecule has 5 heteroatoms. The summed E-state index contributed by atoms with van der Waals surface area (Å²) in [7, 11) is 0. The van der Waals surface area contributed by atoms with E-state index in [1.165, 1.54) is 6.21 Å². The van der Waals surface area contributed by atoms with Gasteiger partial charge >= 0.3 is 5.97 Å². The fourth-order valence-electron chi connectivity index (χ4n) is 1.03. The minimum atomic E-state index is -1.05. The van der Waals surface area contributed by atoms with Gasteiger partial charge in [0.1, 0.15) is 6.07 Å². The number of carboxylic acids is 1. The Morgan fingerprint density at radius 1 is 1.85 bits per heavy atom. The monoisotopic (exact) mass is 179 g/mol. The zero-order chi connectivity index (χ0) is 10.1. The lowest BCUT2D eigenvalue weighted by Crippen LogP contribution is -2.41. The van der Waals surface area contributed by atoms with Gasteiger partial charge in [-0.05, 0) is 13.8 Å². The highest BCUT2D eigenvalue weighted by molar-refractivity contribution is 6.09. The van der Waals surface area contributed by atoms with Crippen LogP contribution in [0, 0.1) is 11.3 Å². The Hall–Kier alpha value is -1.83. The second kappa shape index (κ2) is 2.90. The van der Waals surface area contributed by atoms with Gasteiger partial charge in [0.05, 0.1) is 5.57 Å². The summed E-state index contributed by atoms with van der Waals surface area (Å²) in [5.74, 6) is -1.05. The predicted molar refractivity (Wildman–Crippen MR) is 46.0 cm³/mol. The van der Waals surface area contributed by atoms with Crippen molar-refractivity contribution in [3.63, 3.8) is 0 Å². The number of nitrogens with zero attached hydrogens (tertiary/aromatic N) is 2. The lowest BCUT2D eigenvalue weighted by Gasteiger charge is -2.24. The number of aliphatic carboxylic acids is 1. The summed E-state index contributed by atoms with van der Waals surface area (Å²) in [5, 5.41) is 20.1. The summed E-state index contributed by atoms with van der Waals surface area (Å²) in [6.07, 6.45) is 1.21. The van der Waals surface area contributed by atoms with E-state index in [2.05, 4.69) is 10.3 Å². The molecule has 68 valence electrons. The van der Waals surface area contributed by atoms with E-state index in [1.807, 2.05) is 6.07 Å². The number of hydrogen-bond acceptors (Lipinski definition) is 4. The van der Waals surface area contributed by atoms with E-state index < -0.39 is 11.6 Å². The fourth-order valence-corrected chi connectivity index (χ4v) is 1.03. The first kappa shape index (κ1) is 9.26. The van der Waals surface area contributed by atoms with Crippen molar-refractivity contribution in [3.05, 3.63) is 11.3 Å². The van der Waals surface area contributed by atoms with E-state index in [-0.39, 0.29) is 5.57 Å². The quantitative estimate of drug-likeness (QED) is 0.604. The maximum atomic E-state index is 10.6. The van der Waals surface area contributed by atoms with Gasteiger partial charge in [0.25, 0.3) is 0 Å². The molecular formula is C8H9N3O2. The van der Waals surface area contributed by atoms with Crippen LogP contribution in [0.2, 0.25) is 0 Å². The van der Waals surface area contributed by atoms with Crippen LogP contribution < -0.4 is 5.32 Å². The molecule has 0 aliphatic carbocycles. The first-order valence-electron chi connectivity index (χ1n) is 3.67. The molecule has 0 aromatic carbocycles. The van der Waals surface area contributed by atoms with Gasteiger partial charge in [0, 0.05) is 11.9 Å². The zero-order valence-corrected chi connectivity index (χ0v) is 7.33. The van der Waals surface area contributed by atoms with Crippen molar-refractivity contribution in [2.24, 2.45) is 4.99 Å². The van der Waals surface area contributed by atoms with Crippen LogP contribution in [-0.2, 0) is 4.79 Å². The molecule has 0 radical (unpaired) electrons. The van der Waals surface area contributed by atoms with E-state index in [4.69, 9.17) is 10.4 Å². The van der Waals surface area contributed by atoms with Crippen molar-refractivity contribution in [2.45, 2.75) is 19.5 Å². The molecule has 5 nitrogen and oxygen atoms in total. The number of aliphatic imine (C=N–C) groups is 1. The Morgan fingerprint density at radius 2 is 2.46 bits per heavy atom. The van der Waals surface area contributed by atoms with Crippen LogP contribution in [0.3, 0.4) is 0 Å². The summed E-state index contributed by atoms with van der Waals surface area (Å²) >= 11 is 0. The first-order chi connectivity index (χ1) is 5.98. The van der Waals surface area contributed by atoms with E-state index in [1.54, 1.807) is 13.8 Å². The summed E-state index contributed by atoms with van der Waals surface area (Å²) in [5.41, 5.74) is -0.498. The molecule has 0 aromatic rings. The van der Waals surface area contributed by atoms with Crippen LogP contribution >= 0.6 is 0 Å². The topological polar surface area (TPSA) is 85.5 Å². The number of nitriles is 1. The molecule has 1 aliphatic heterocycles. The Bertz CT molecular complexity index is 351. The summed E-state index contributed by atoms with van der Waals surface area (Å²) < 4.78 is 0. The molecule has 1 aliphatic rings. The average Bonchev–Trinajstić information content (AvgIpc) is 2.03. The molecule has 0 saturated heterocycles. The van der Waals surface area contributed by atoms with Gasteiger partial charge in [-0.3, -0.25) is 4.99 Å². The molecule has 1 atom stereocenters. The van der Waals surface area contributed by atoms with Gasteiger partial charge in [-0.1, -0.05) is 0 Å². The minimum absolute atomic E-state index is 0.0905. The van der Waals surface area contributed by atoms with E-state index in [9.17, 15) is 4.79 Å². The van der Waals surface area contributed by atoms with Crippen LogP contribution in [-0.4, -0.2) is 23.0 Å². The van der Waals surface area contributed by atoms with Gasteiger partial charge in [0.2, 0.25) is 5.66 Å². The van der Waals surface area contributed by atoms with Crippen molar-refractivity contribution in [1.29, 1.82) is 5.26 Å². The van der Waals surface area contributed by atoms with E-state index >= 15 is 0 Å². The van der Waals surface area contributed by atoms with Crippen molar-refractivity contribution in [2.75, 3.05) is 0 Å². The standard InChI is InChI=1S/C8H9N3O2/c1-5-6(7(12)13)3-10-8(2,4-9)11-5/h3,11H,1-2H3,(H,12,13). The number of hydrogen-bond donors (Lipinski definition) is 2. The number of carbonyl (C=O) groups is 1. The highest BCUT2D eigenvalue weighted by Crippen LogP contribution is 2.14. The van der Waals surface area contributed by atoms with Crippen LogP contribution in [0.1, 0.15) is 13.8 Å². The second-order valence-corrected chi connectivity index (χ2v) is 2.91. The Kier molecular flexibility index (Phi) is 2.07. The molecule has 0 saturated carbocycles. The maximum Gasteiger partial charge on any atom is 0.339 e. The minimum Gasteiger partial charge on any atom is -0.478 e. The number of nitrogens with one attached hydrogen (secondary N) is 1. The van der Waals surface area contributed by atoms with Crippen LogP contribution in [0.4, 0.5) is 0 Å². The molecule has 1 unspecified atom stereocenters. The highest BCUT2D eigenvalue weighted by atomic mass is 16.4. The summed E-state index contributed by atoms with van der Waals surface area (Å²) in [6, 6.07) is 1.93. The molecule has 1 rings (SSSR count). The third-order valence-corrected chi connectivity index (χ3v) is 1.73. The van der Waals surface area contributed by atoms with Crippen LogP contribution in [0.25, 0.3) is 0 Å². The number of carboxylic acid groups (broad SMARTS) is 1. The van der Waals surface area contributed by atoms with Gasteiger partial charge < -0.3 is 10.4 Å². The maximum absolute atomic E-state index is 10.6. The Labute approximate surface area is 75.4 Å². The smallest absolute Gasteiger partial charge is 0.339 e. The molecule has 0 aromatic heterocycles. The second-order valence-electron chi connectivity index (χ2n) is 2.91. The van der Waals surface area contributed by atoms with Crippen molar-refractivity contribution < 1.29 is 9.90 Å². The molecule has 0 fully saturated rings.